The number of aromatic nitrogens is 3. The van der Waals surface area contributed by atoms with Crippen LogP contribution in [-0.4, -0.2) is 15.0 Å². The first-order valence-electron chi connectivity index (χ1n) is 6.35. The van der Waals surface area contributed by atoms with Gasteiger partial charge in [-0.1, -0.05) is 30.3 Å². The lowest BCUT2D eigenvalue weighted by Gasteiger charge is -1.94. The van der Waals surface area contributed by atoms with E-state index in [9.17, 15) is 0 Å². The molecule has 2 N–H and O–H groups in total. The minimum absolute atomic E-state index is 0.918. The van der Waals surface area contributed by atoms with Gasteiger partial charge < -0.3 is 9.97 Å². The SMILES string of the molecule is Cc1cccc2nc(-c3c[nH]c4ccccc34)[nH]c12. The Bertz CT molecular complexity index is 883. The van der Waals surface area contributed by atoms with Gasteiger partial charge in [-0.2, -0.15) is 0 Å². The number of nitrogens with one attached hydrogen (secondary N) is 2. The van der Waals surface area contributed by atoms with Crippen LogP contribution in [-0.2, 0) is 0 Å². The van der Waals surface area contributed by atoms with Crippen LogP contribution in [0.15, 0.2) is 48.7 Å². The fourth-order valence-corrected chi connectivity index (χ4v) is 2.57. The van der Waals surface area contributed by atoms with Crippen molar-refractivity contribution >= 4 is 21.9 Å². The number of nitrogens with zero attached hydrogens (tertiary/aromatic N) is 1. The highest BCUT2D eigenvalue weighted by atomic mass is 14.9. The molecule has 0 fully saturated rings. The third-order valence-electron chi connectivity index (χ3n) is 3.57. The number of imidazole rings is 1. The number of rotatable bonds is 1. The molecule has 4 rings (SSSR count). The third-order valence-corrected chi connectivity index (χ3v) is 3.57. The van der Waals surface area contributed by atoms with Crippen LogP contribution in [0.1, 0.15) is 5.56 Å². The van der Waals surface area contributed by atoms with Crippen molar-refractivity contribution in [2.45, 2.75) is 6.92 Å². The van der Waals surface area contributed by atoms with Crippen LogP contribution in [0.5, 0.6) is 0 Å². The minimum atomic E-state index is 0.918. The molecule has 2 heterocycles. The Labute approximate surface area is 110 Å². The Morgan fingerprint density at radius 1 is 1.00 bits per heavy atom. The summed E-state index contributed by atoms with van der Waals surface area (Å²) >= 11 is 0. The van der Waals surface area contributed by atoms with Gasteiger partial charge >= 0.3 is 0 Å². The third kappa shape index (κ3) is 1.48. The second-order valence-corrected chi connectivity index (χ2v) is 4.80. The summed E-state index contributed by atoms with van der Waals surface area (Å²) in [5.74, 6) is 0.918. The maximum Gasteiger partial charge on any atom is 0.140 e. The molecule has 0 saturated heterocycles. The number of benzene rings is 2. The summed E-state index contributed by atoms with van der Waals surface area (Å²) in [6.07, 6.45) is 2.01. The highest BCUT2D eigenvalue weighted by Crippen LogP contribution is 2.28. The predicted molar refractivity (Wildman–Crippen MR) is 78.1 cm³/mol. The van der Waals surface area contributed by atoms with Gasteiger partial charge in [0.1, 0.15) is 5.82 Å². The monoisotopic (exact) mass is 247 g/mol. The summed E-state index contributed by atoms with van der Waals surface area (Å²) < 4.78 is 0. The molecule has 4 aromatic rings. The molecule has 0 radical (unpaired) electrons. The zero-order valence-corrected chi connectivity index (χ0v) is 10.6. The highest BCUT2D eigenvalue weighted by molar-refractivity contribution is 5.95. The van der Waals surface area contributed by atoms with Crippen LogP contribution in [0.4, 0.5) is 0 Å². The number of aryl methyl sites for hydroxylation is 1. The van der Waals surface area contributed by atoms with E-state index < -0.39 is 0 Å². The first-order valence-corrected chi connectivity index (χ1v) is 6.35. The van der Waals surface area contributed by atoms with Crippen molar-refractivity contribution in [3.63, 3.8) is 0 Å². The van der Waals surface area contributed by atoms with E-state index in [2.05, 4.69) is 35.1 Å². The first kappa shape index (κ1) is 10.4. The van der Waals surface area contributed by atoms with Gasteiger partial charge in [-0.15, -0.1) is 0 Å². The van der Waals surface area contributed by atoms with Crippen LogP contribution in [0.25, 0.3) is 33.3 Å². The Hall–Kier alpha value is -2.55. The van der Waals surface area contributed by atoms with Gasteiger partial charge in [0, 0.05) is 22.7 Å². The fraction of sp³-hybridized carbons (Fsp3) is 0.0625. The summed E-state index contributed by atoms with van der Waals surface area (Å²) in [6, 6.07) is 14.4. The van der Waals surface area contributed by atoms with E-state index in [1.54, 1.807) is 0 Å². The zero-order chi connectivity index (χ0) is 12.8. The van der Waals surface area contributed by atoms with Crippen molar-refractivity contribution in [2.24, 2.45) is 0 Å². The highest BCUT2D eigenvalue weighted by Gasteiger charge is 2.10. The molecule has 0 spiro atoms. The van der Waals surface area contributed by atoms with Crippen molar-refractivity contribution in [1.82, 2.24) is 15.0 Å². The Kier molecular flexibility index (Phi) is 2.03. The maximum absolute atomic E-state index is 4.69. The van der Waals surface area contributed by atoms with E-state index in [0.29, 0.717) is 0 Å². The van der Waals surface area contributed by atoms with E-state index in [1.165, 1.54) is 10.9 Å². The van der Waals surface area contributed by atoms with Crippen LogP contribution >= 0.6 is 0 Å². The second kappa shape index (κ2) is 3.72. The van der Waals surface area contributed by atoms with E-state index in [-0.39, 0.29) is 0 Å². The smallest absolute Gasteiger partial charge is 0.140 e. The van der Waals surface area contributed by atoms with Gasteiger partial charge in [-0.3, -0.25) is 0 Å². The minimum Gasteiger partial charge on any atom is -0.360 e. The molecular weight excluding hydrogens is 234 g/mol. The maximum atomic E-state index is 4.69. The summed E-state index contributed by atoms with van der Waals surface area (Å²) in [5.41, 5.74) is 5.60. The number of fused-ring (bicyclic) bond motifs is 2. The van der Waals surface area contributed by atoms with Crippen LogP contribution in [0.2, 0.25) is 0 Å². The number of aromatic amines is 2. The molecule has 2 aromatic carbocycles. The van der Waals surface area contributed by atoms with E-state index in [0.717, 1.165) is 27.9 Å². The fourth-order valence-electron chi connectivity index (χ4n) is 2.57. The molecule has 0 aliphatic carbocycles. The topological polar surface area (TPSA) is 44.5 Å². The molecule has 3 heteroatoms. The molecule has 0 amide bonds. The zero-order valence-electron chi connectivity index (χ0n) is 10.6. The Balaban J connectivity index is 2.02. The standard InChI is InChI=1S/C16H13N3/c1-10-5-4-8-14-15(10)19-16(18-14)12-9-17-13-7-3-2-6-11(12)13/h2-9,17H,1H3,(H,18,19). The van der Waals surface area contributed by atoms with Gasteiger partial charge in [0.05, 0.1) is 11.0 Å². The van der Waals surface area contributed by atoms with Crippen LogP contribution in [0, 0.1) is 6.92 Å². The molecule has 19 heavy (non-hydrogen) atoms. The molecule has 2 aromatic heterocycles. The molecule has 0 atom stereocenters. The molecule has 0 aliphatic rings. The Morgan fingerprint density at radius 2 is 1.89 bits per heavy atom. The molecular formula is C16H13N3. The molecule has 0 saturated carbocycles. The second-order valence-electron chi connectivity index (χ2n) is 4.80. The van der Waals surface area contributed by atoms with Crippen molar-refractivity contribution in [3.05, 3.63) is 54.2 Å². The summed E-state index contributed by atoms with van der Waals surface area (Å²) in [6.45, 7) is 2.10. The number of hydrogen-bond acceptors (Lipinski definition) is 1. The lowest BCUT2D eigenvalue weighted by atomic mass is 10.2. The Morgan fingerprint density at radius 3 is 2.79 bits per heavy atom. The lowest BCUT2D eigenvalue weighted by Crippen LogP contribution is -1.77. The van der Waals surface area contributed by atoms with Gasteiger partial charge in [0.15, 0.2) is 0 Å². The lowest BCUT2D eigenvalue weighted by molar-refractivity contribution is 1.33. The average Bonchev–Trinajstić information content (AvgIpc) is 3.02. The summed E-state index contributed by atoms with van der Waals surface area (Å²) in [7, 11) is 0. The molecule has 0 aliphatic heterocycles. The van der Waals surface area contributed by atoms with Crippen molar-refractivity contribution in [1.29, 1.82) is 0 Å². The van der Waals surface area contributed by atoms with E-state index >= 15 is 0 Å². The number of para-hydroxylation sites is 2. The quantitative estimate of drug-likeness (QED) is 0.524. The van der Waals surface area contributed by atoms with Gasteiger partial charge in [0.2, 0.25) is 0 Å². The summed E-state index contributed by atoms with van der Waals surface area (Å²) in [4.78, 5) is 11.4. The van der Waals surface area contributed by atoms with Crippen molar-refractivity contribution in [3.8, 4) is 11.4 Å². The van der Waals surface area contributed by atoms with E-state index in [4.69, 9.17) is 4.98 Å². The van der Waals surface area contributed by atoms with Gasteiger partial charge in [-0.05, 0) is 24.6 Å². The van der Waals surface area contributed by atoms with Gasteiger partial charge in [0.25, 0.3) is 0 Å². The number of H-pyrrole nitrogens is 2. The van der Waals surface area contributed by atoms with Crippen LogP contribution < -0.4 is 0 Å². The normalized spacial score (nSPS) is 11.4. The first-order chi connectivity index (χ1) is 9.33. The van der Waals surface area contributed by atoms with Crippen LogP contribution in [0.3, 0.4) is 0 Å². The van der Waals surface area contributed by atoms with E-state index in [1.807, 2.05) is 30.5 Å². The predicted octanol–water partition coefficient (Wildman–Crippen LogP) is 4.02. The molecule has 3 nitrogen and oxygen atoms in total. The summed E-state index contributed by atoms with van der Waals surface area (Å²) in [5, 5.41) is 1.19. The average molecular weight is 247 g/mol. The molecule has 92 valence electrons. The molecule has 0 bridgehead atoms. The van der Waals surface area contributed by atoms with Crippen molar-refractivity contribution < 1.29 is 0 Å². The van der Waals surface area contributed by atoms with Crippen molar-refractivity contribution in [2.75, 3.05) is 0 Å². The number of hydrogen-bond donors (Lipinski definition) is 2. The van der Waals surface area contributed by atoms with Gasteiger partial charge in [-0.25, -0.2) is 4.98 Å². The molecule has 0 unspecified atom stereocenters. The largest absolute Gasteiger partial charge is 0.360 e.